The number of aromatic nitrogens is 2. The Balaban J connectivity index is 1.68. The van der Waals surface area contributed by atoms with Gasteiger partial charge in [0.15, 0.2) is 0 Å². The second-order valence-corrected chi connectivity index (χ2v) is 5.66. The lowest BCUT2D eigenvalue weighted by molar-refractivity contribution is 0.0950. The molecule has 2 aromatic carbocycles. The SMILES string of the molecule is N#Cc1ccc(Cn2cncc2CNC(=O)c2ccccc2C#N)cc1. The summed E-state index contributed by atoms with van der Waals surface area (Å²) in [5.41, 5.74) is 3.19. The minimum atomic E-state index is -0.298. The van der Waals surface area contributed by atoms with Crippen LogP contribution in [0.1, 0.15) is 32.7 Å². The Morgan fingerprint density at radius 3 is 2.58 bits per heavy atom. The quantitative estimate of drug-likeness (QED) is 0.772. The third-order valence-electron chi connectivity index (χ3n) is 3.96. The maximum Gasteiger partial charge on any atom is 0.252 e. The lowest BCUT2D eigenvalue weighted by Crippen LogP contribution is -2.25. The molecule has 126 valence electrons. The summed E-state index contributed by atoms with van der Waals surface area (Å²) >= 11 is 0. The molecule has 3 aromatic rings. The first-order valence-corrected chi connectivity index (χ1v) is 7.96. The molecule has 1 N–H and O–H groups in total. The van der Waals surface area contributed by atoms with Crippen molar-refractivity contribution in [3.63, 3.8) is 0 Å². The summed E-state index contributed by atoms with van der Waals surface area (Å²) in [6.07, 6.45) is 3.39. The van der Waals surface area contributed by atoms with Crippen LogP contribution in [-0.2, 0) is 13.1 Å². The van der Waals surface area contributed by atoms with Crippen molar-refractivity contribution in [2.24, 2.45) is 0 Å². The Bertz CT molecular complexity index is 1010. The Hall–Kier alpha value is -3.90. The van der Waals surface area contributed by atoms with E-state index < -0.39 is 0 Å². The normalized spacial score (nSPS) is 9.92. The summed E-state index contributed by atoms with van der Waals surface area (Å²) in [6, 6.07) is 18.1. The fourth-order valence-electron chi connectivity index (χ4n) is 2.56. The van der Waals surface area contributed by atoms with Crippen molar-refractivity contribution >= 4 is 5.91 Å². The molecule has 3 rings (SSSR count). The summed E-state index contributed by atoms with van der Waals surface area (Å²) in [4.78, 5) is 16.5. The van der Waals surface area contributed by atoms with Gasteiger partial charge in [0.05, 0.1) is 47.4 Å². The van der Waals surface area contributed by atoms with Crippen molar-refractivity contribution in [3.05, 3.63) is 89.0 Å². The molecule has 0 aliphatic rings. The van der Waals surface area contributed by atoms with Gasteiger partial charge in [-0.3, -0.25) is 4.79 Å². The van der Waals surface area contributed by atoms with Gasteiger partial charge in [-0.15, -0.1) is 0 Å². The van der Waals surface area contributed by atoms with E-state index >= 15 is 0 Å². The van der Waals surface area contributed by atoms with E-state index in [2.05, 4.69) is 16.4 Å². The van der Waals surface area contributed by atoms with Gasteiger partial charge in [0.1, 0.15) is 0 Å². The second-order valence-electron chi connectivity index (χ2n) is 5.66. The van der Waals surface area contributed by atoms with Crippen LogP contribution in [0.2, 0.25) is 0 Å². The van der Waals surface area contributed by atoms with E-state index in [4.69, 9.17) is 10.5 Å². The van der Waals surface area contributed by atoms with Crippen LogP contribution in [-0.4, -0.2) is 15.5 Å². The molecule has 1 amide bonds. The summed E-state index contributed by atoms with van der Waals surface area (Å²) in [5.74, 6) is -0.298. The molecule has 0 spiro atoms. The number of nitrogens with zero attached hydrogens (tertiary/aromatic N) is 4. The number of nitrogens with one attached hydrogen (secondary N) is 1. The zero-order valence-electron chi connectivity index (χ0n) is 13.9. The van der Waals surface area contributed by atoms with Gasteiger partial charge in [-0.05, 0) is 29.8 Å². The van der Waals surface area contributed by atoms with Crippen LogP contribution in [0.3, 0.4) is 0 Å². The van der Waals surface area contributed by atoms with Gasteiger partial charge in [0.25, 0.3) is 5.91 Å². The van der Waals surface area contributed by atoms with Gasteiger partial charge in [-0.1, -0.05) is 24.3 Å². The van der Waals surface area contributed by atoms with Crippen molar-refractivity contribution < 1.29 is 4.79 Å². The maximum atomic E-state index is 12.3. The molecule has 0 aliphatic carbocycles. The third-order valence-corrected chi connectivity index (χ3v) is 3.96. The van der Waals surface area contributed by atoms with Crippen LogP contribution in [0.25, 0.3) is 0 Å². The molecule has 0 saturated carbocycles. The first kappa shape index (κ1) is 16.9. The van der Waals surface area contributed by atoms with Crippen molar-refractivity contribution in [1.29, 1.82) is 10.5 Å². The number of carbonyl (C=O) groups excluding carboxylic acids is 1. The molecule has 0 unspecified atom stereocenters. The highest BCUT2D eigenvalue weighted by molar-refractivity contribution is 5.96. The van der Waals surface area contributed by atoms with E-state index in [-0.39, 0.29) is 5.91 Å². The van der Waals surface area contributed by atoms with Crippen LogP contribution in [0.4, 0.5) is 0 Å². The Morgan fingerprint density at radius 1 is 1.08 bits per heavy atom. The van der Waals surface area contributed by atoms with Crippen LogP contribution < -0.4 is 5.32 Å². The number of carbonyl (C=O) groups is 1. The van der Waals surface area contributed by atoms with Gasteiger partial charge in [-0.2, -0.15) is 10.5 Å². The molecule has 1 heterocycles. The van der Waals surface area contributed by atoms with Crippen molar-refractivity contribution in [3.8, 4) is 12.1 Å². The molecule has 0 bridgehead atoms. The first-order chi connectivity index (χ1) is 12.7. The van der Waals surface area contributed by atoms with Crippen molar-refractivity contribution in [1.82, 2.24) is 14.9 Å². The van der Waals surface area contributed by atoms with E-state index in [1.165, 1.54) is 0 Å². The number of rotatable bonds is 5. The topological polar surface area (TPSA) is 94.5 Å². The molecule has 0 fully saturated rings. The minimum absolute atomic E-state index is 0.298. The average Bonchev–Trinajstić information content (AvgIpc) is 3.13. The van der Waals surface area contributed by atoms with Gasteiger partial charge in [-0.25, -0.2) is 4.98 Å². The Kier molecular flexibility index (Phi) is 5.07. The summed E-state index contributed by atoms with van der Waals surface area (Å²) < 4.78 is 1.93. The van der Waals surface area contributed by atoms with E-state index in [0.29, 0.717) is 29.8 Å². The third kappa shape index (κ3) is 3.77. The van der Waals surface area contributed by atoms with Crippen molar-refractivity contribution in [2.45, 2.75) is 13.1 Å². The van der Waals surface area contributed by atoms with Gasteiger partial charge in [0.2, 0.25) is 0 Å². The van der Waals surface area contributed by atoms with Gasteiger partial charge < -0.3 is 9.88 Å². The fourth-order valence-corrected chi connectivity index (χ4v) is 2.56. The van der Waals surface area contributed by atoms with Crippen LogP contribution in [0.15, 0.2) is 61.1 Å². The standard InChI is InChI=1S/C20H15N5O/c21-9-15-5-7-16(8-6-15)13-25-14-23-11-18(25)12-24-20(26)19-4-2-1-3-17(19)10-22/h1-8,11,14H,12-13H2,(H,24,26). The highest BCUT2D eigenvalue weighted by atomic mass is 16.1. The highest BCUT2D eigenvalue weighted by Gasteiger charge is 2.11. The average molecular weight is 341 g/mol. The Morgan fingerprint density at radius 2 is 1.85 bits per heavy atom. The van der Waals surface area contributed by atoms with Crippen LogP contribution in [0, 0.1) is 22.7 Å². The number of benzene rings is 2. The maximum absolute atomic E-state index is 12.3. The van der Waals surface area contributed by atoms with Crippen molar-refractivity contribution in [2.75, 3.05) is 0 Å². The minimum Gasteiger partial charge on any atom is -0.346 e. The summed E-state index contributed by atoms with van der Waals surface area (Å²) in [5, 5.41) is 20.8. The number of hydrogen-bond acceptors (Lipinski definition) is 4. The molecule has 26 heavy (non-hydrogen) atoms. The molecular weight excluding hydrogens is 326 g/mol. The monoisotopic (exact) mass is 341 g/mol. The zero-order valence-corrected chi connectivity index (χ0v) is 13.9. The fraction of sp³-hybridized carbons (Fsp3) is 0.100. The van der Waals surface area contributed by atoms with E-state index in [1.807, 2.05) is 22.8 Å². The first-order valence-electron chi connectivity index (χ1n) is 7.96. The zero-order chi connectivity index (χ0) is 18.4. The largest absolute Gasteiger partial charge is 0.346 e. The smallest absolute Gasteiger partial charge is 0.252 e. The number of hydrogen-bond donors (Lipinski definition) is 1. The summed E-state index contributed by atoms with van der Waals surface area (Å²) in [6.45, 7) is 0.889. The molecule has 0 aliphatic heterocycles. The number of imidazole rings is 1. The number of amides is 1. The molecule has 1 aromatic heterocycles. The second kappa shape index (κ2) is 7.78. The highest BCUT2D eigenvalue weighted by Crippen LogP contribution is 2.10. The lowest BCUT2D eigenvalue weighted by Gasteiger charge is -2.10. The molecule has 6 nitrogen and oxygen atoms in total. The summed E-state index contributed by atoms with van der Waals surface area (Å²) in [7, 11) is 0. The molecular formula is C20H15N5O. The molecule has 6 heteroatoms. The van der Waals surface area contributed by atoms with E-state index in [9.17, 15) is 4.79 Å². The van der Waals surface area contributed by atoms with Gasteiger partial charge in [0, 0.05) is 12.7 Å². The Labute approximate surface area is 151 Å². The van der Waals surface area contributed by atoms with Crippen LogP contribution in [0.5, 0.6) is 0 Å². The van der Waals surface area contributed by atoms with Gasteiger partial charge >= 0.3 is 0 Å². The van der Waals surface area contributed by atoms with E-state index in [1.54, 1.807) is 48.9 Å². The number of nitriles is 2. The predicted octanol–water partition coefficient (Wildman–Crippen LogP) is 2.60. The molecule has 0 atom stereocenters. The predicted molar refractivity (Wildman–Crippen MR) is 94.8 cm³/mol. The molecule has 0 radical (unpaired) electrons. The molecule has 0 saturated heterocycles. The van der Waals surface area contributed by atoms with E-state index in [0.717, 1.165) is 11.3 Å². The lowest BCUT2D eigenvalue weighted by atomic mass is 10.1. The van der Waals surface area contributed by atoms with Crippen LogP contribution >= 0.6 is 0 Å².